The van der Waals surface area contributed by atoms with Gasteiger partial charge in [-0.2, -0.15) is 0 Å². The molecule has 1 aliphatic heterocycles. The van der Waals surface area contributed by atoms with E-state index in [9.17, 15) is 9.59 Å². The summed E-state index contributed by atoms with van der Waals surface area (Å²) in [6, 6.07) is 5.39. The zero-order valence-electron chi connectivity index (χ0n) is 13.6. The molecule has 0 spiro atoms. The van der Waals surface area contributed by atoms with E-state index in [1.807, 2.05) is 26.8 Å². The van der Waals surface area contributed by atoms with Gasteiger partial charge in [0.1, 0.15) is 0 Å². The second-order valence-corrected chi connectivity index (χ2v) is 6.45. The SMILES string of the molecule is CCC(C)NC(=O)c1ccc(C)c(NC(=O)C2=CSCCO2)c1. The molecule has 1 atom stereocenters. The van der Waals surface area contributed by atoms with Crippen molar-refractivity contribution in [3.8, 4) is 0 Å². The molecule has 2 N–H and O–H groups in total. The molecule has 0 fully saturated rings. The number of hydrogen-bond donors (Lipinski definition) is 2. The Morgan fingerprint density at radius 3 is 2.78 bits per heavy atom. The fourth-order valence-electron chi connectivity index (χ4n) is 1.98. The number of aryl methyl sites for hydroxylation is 1. The Balaban J connectivity index is 2.12. The lowest BCUT2D eigenvalue weighted by atomic mass is 10.1. The molecule has 1 unspecified atom stereocenters. The number of carbonyl (C=O) groups is 2. The number of carbonyl (C=O) groups excluding carboxylic acids is 2. The van der Waals surface area contributed by atoms with E-state index in [1.54, 1.807) is 29.3 Å². The molecule has 0 saturated heterocycles. The van der Waals surface area contributed by atoms with Crippen molar-refractivity contribution in [3.05, 3.63) is 40.5 Å². The summed E-state index contributed by atoms with van der Waals surface area (Å²) >= 11 is 1.55. The van der Waals surface area contributed by atoms with Crippen LogP contribution in [0.5, 0.6) is 0 Å². The van der Waals surface area contributed by atoms with Gasteiger partial charge < -0.3 is 15.4 Å². The predicted octanol–water partition coefficient (Wildman–Crippen LogP) is 3.07. The summed E-state index contributed by atoms with van der Waals surface area (Å²) in [6.07, 6.45) is 0.865. The molecule has 1 heterocycles. The first-order chi connectivity index (χ1) is 11.0. The summed E-state index contributed by atoms with van der Waals surface area (Å²) < 4.78 is 5.35. The number of amides is 2. The molecule has 1 aromatic carbocycles. The van der Waals surface area contributed by atoms with Crippen LogP contribution in [0, 0.1) is 6.92 Å². The van der Waals surface area contributed by atoms with Crippen molar-refractivity contribution < 1.29 is 14.3 Å². The normalized spacial score (nSPS) is 15.2. The standard InChI is InChI=1S/C17H22N2O3S/c1-4-12(3)18-16(20)13-6-5-11(2)14(9-13)19-17(21)15-10-23-8-7-22-15/h5-6,9-10,12H,4,7-8H2,1-3H3,(H,18,20)(H,19,21). The Labute approximate surface area is 140 Å². The molecule has 6 heteroatoms. The monoisotopic (exact) mass is 334 g/mol. The van der Waals surface area contributed by atoms with Crippen LogP contribution in [-0.4, -0.2) is 30.2 Å². The maximum Gasteiger partial charge on any atom is 0.291 e. The third-order valence-electron chi connectivity index (χ3n) is 3.61. The van der Waals surface area contributed by atoms with Gasteiger partial charge in [-0.3, -0.25) is 9.59 Å². The van der Waals surface area contributed by atoms with Crippen LogP contribution in [0.4, 0.5) is 5.69 Å². The Bertz CT molecular complexity index is 628. The van der Waals surface area contributed by atoms with E-state index in [0.717, 1.165) is 17.7 Å². The minimum Gasteiger partial charge on any atom is -0.487 e. The Morgan fingerprint density at radius 1 is 1.35 bits per heavy atom. The van der Waals surface area contributed by atoms with Crippen LogP contribution in [0.2, 0.25) is 0 Å². The molecular weight excluding hydrogens is 312 g/mol. The number of thioether (sulfide) groups is 1. The lowest BCUT2D eigenvalue weighted by molar-refractivity contribution is -0.116. The molecule has 2 rings (SSSR count). The Kier molecular flexibility index (Phi) is 6.10. The molecule has 0 bridgehead atoms. The molecule has 124 valence electrons. The first-order valence-corrected chi connectivity index (χ1v) is 8.73. The van der Waals surface area contributed by atoms with E-state index < -0.39 is 0 Å². The lowest BCUT2D eigenvalue weighted by Crippen LogP contribution is -2.32. The Hall–Kier alpha value is -1.95. The highest BCUT2D eigenvalue weighted by Crippen LogP contribution is 2.20. The Morgan fingerprint density at radius 2 is 2.13 bits per heavy atom. The van der Waals surface area contributed by atoms with Crippen molar-refractivity contribution in [2.75, 3.05) is 17.7 Å². The molecule has 1 aromatic rings. The summed E-state index contributed by atoms with van der Waals surface area (Å²) in [5.41, 5.74) is 2.04. The topological polar surface area (TPSA) is 67.4 Å². The zero-order valence-corrected chi connectivity index (χ0v) is 14.5. The van der Waals surface area contributed by atoms with Crippen molar-refractivity contribution in [2.24, 2.45) is 0 Å². The summed E-state index contributed by atoms with van der Waals surface area (Å²) in [7, 11) is 0. The highest BCUT2D eigenvalue weighted by molar-refractivity contribution is 8.02. The van der Waals surface area contributed by atoms with Crippen LogP contribution in [0.25, 0.3) is 0 Å². The highest BCUT2D eigenvalue weighted by Gasteiger charge is 2.16. The van der Waals surface area contributed by atoms with Crippen LogP contribution in [0.3, 0.4) is 0 Å². The number of anilines is 1. The van der Waals surface area contributed by atoms with Gasteiger partial charge >= 0.3 is 0 Å². The van der Waals surface area contributed by atoms with Crippen molar-refractivity contribution in [2.45, 2.75) is 33.2 Å². The van der Waals surface area contributed by atoms with Crippen LogP contribution >= 0.6 is 11.8 Å². The third-order valence-corrected chi connectivity index (χ3v) is 4.39. The molecule has 0 radical (unpaired) electrons. The number of benzene rings is 1. The van der Waals surface area contributed by atoms with Crippen molar-refractivity contribution in [1.82, 2.24) is 5.32 Å². The fraction of sp³-hybridized carbons (Fsp3) is 0.412. The van der Waals surface area contributed by atoms with E-state index in [-0.39, 0.29) is 17.9 Å². The van der Waals surface area contributed by atoms with E-state index in [2.05, 4.69) is 10.6 Å². The van der Waals surface area contributed by atoms with Gasteiger partial charge in [-0.15, -0.1) is 11.8 Å². The quantitative estimate of drug-likeness (QED) is 0.868. The van der Waals surface area contributed by atoms with Gasteiger partial charge in [0.05, 0.1) is 6.61 Å². The predicted molar refractivity (Wildman–Crippen MR) is 93.5 cm³/mol. The molecular formula is C17H22N2O3S. The highest BCUT2D eigenvalue weighted by atomic mass is 32.2. The minimum atomic E-state index is -0.292. The largest absolute Gasteiger partial charge is 0.487 e. The molecule has 0 aliphatic carbocycles. The third kappa shape index (κ3) is 4.76. The van der Waals surface area contributed by atoms with E-state index in [1.165, 1.54) is 0 Å². The second kappa shape index (κ2) is 8.06. The van der Waals surface area contributed by atoms with Gasteiger partial charge in [0.2, 0.25) is 0 Å². The average molecular weight is 334 g/mol. The summed E-state index contributed by atoms with van der Waals surface area (Å²) in [4.78, 5) is 24.4. The first-order valence-electron chi connectivity index (χ1n) is 7.68. The van der Waals surface area contributed by atoms with E-state index in [0.29, 0.717) is 23.6 Å². The van der Waals surface area contributed by atoms with Gasteiger partial charge in [0, 0.05) is 28.5 Å². The molecule has 23 heavy (non-hydrogen) atoms. The molecule has 0 aromatic heterocycles. The molecule has 5 nitrogen and oxygen atoms in total. The number of nitrogens with one attached hydrogen (secondary N) is 2. The summed E-state index contributed by atoms with van der Waals surface area (Å²) in [5.74, 6) is 0.731. The molecule has 2 amide bonds. The van der Waals surface area contributed by atoms with Crippen LogP contribution in [0.15, 0.2) is 29.4 Å². The zero-order chi connectivity index (χ0) is 16.8. The maximum absolute atomic E-state index is 12.2. The number of hydrogen-bond acceptors (Lipinski definition) is 4. The van der Waals surface area contributed by atoms with Crippen molar-refractivity contribution >= 4 is 29.3 Å². The van der Waals surface area contributed by atoms with Gasteiger partial charge in [-0.05, 0) is 38.0 Å². The van der Waals surface area contributed by atoms with Crippen LogP contribution in [0.1, 0.15) is 36.2 Å². The average Bonchev–Trinajstić information content (AvgIpc) is 2.57. The van der Waals surface area contributed by atoms with Crippen LogP contribution < -0.4 is 10.6 Å². The first kappa shape index (κ1) is 17.4. The van der Waals surface area contributed by atoms with Crippen molar-refractivity contribution in [3.63, 3.8) is 0 Å². The van der Waals surface area contributed by atoms with Crippen LogP contribution in [-0.2, 0) is 9.53 Å². The maximum atomic E-state index is 12.2. The van der Waals surface area contributed by atoms with Crippen molar-refractivity contribution in [1.29, 1.82) is 0 Å². The van der Waals surface area contributed by atoms with E-state index >= 15 is 0 Å². The summed E-state index contributed by atoms with van der Waals surface area (Å²) in [6.45, 7) is 6.39. The molecule has 1 aliphatic rings. The summed E-state index contributed by atoms with van der Waals surface area (Å²) in [5, 5.41) is 7.45. The number of rotatable bonds is 5. The second-order valence-electron chi connectivity index (χ2n) is 5.47. The van der Waals surface area contributed by atoms with E-state index in [4.69, 9.17) is 4.74 Å². The van der Waals surface area contributed by atoms with Gasteiger partial charge in [-0.25, -0.2) is 0 Å². The fourth-order valence-corrected chi connectivity index (χ4v) is 2.60. The molecule has 0 saturated carbocycles. The van der Waals surface area contributed by atoms with Gasteiger partial charge in [0.15, 0.2) is 5.76 Å². The van der Waals surface area contributed by atoms with Gasteiger partial charge in [-0.1, -0.05) is 13.0 Å². The minimum absolute atomic E-state index is 0.111. The number of ether oxygens (including phenoxy) is 1. The lowest BCUT2D eigenvalue weighted by Gasteiger charge is -2.16. The van der Waals surface area contributed by atoms with Gasteiger partial charge in [0.25, 0.3) is 11.8 Å². The smallest absolute Gasteiger partial charge is 0.291 e.